The molecule has 1 N–H and O–H groups in total. The van der Waals surface area contributed by atoms with Gasteiger partial charge in [0.05, 0.1) is 24.7 Å². The summed E-state index contributed by atoms with van der Waals surface area (Å²) in [6, 6.07) is 7.03. The van der Waals surface area contributed by atoms with E-state index in [2.05, 4.69) is 4.90 Å². The van der Waals surface area contributed by atoms with Crippen molar-refractivity contribution in [2.75, 3.05) is 59.4 Å². The molecule has 3 rings (SSSR count). The summed E-state index contributed by atoms with van der Waals surface area (Å²) in [7, 11) is -1.54. The van der Waals surface area contributed by atoms with E-state index < -0.39 is 22.0 Å². The molecule has 1 amide bonds. The Bertz CT molecular complexity index is 954. The lowest BCUT2D eigenvalue weighted by Gasteiger charge is -2.31. The number of likely N-dealkylation sites (tertiary alicyclic amines) is 1. The summed E-state index contributed by atoms with van der Waals surface area (Å²) in [6.45, 7) is 5.36. The Labute approximate surface area is 196 Å². The number of hydrogen-bond acceptors (Lipinski definition) is 7. The number of sulfone groups is 1. The molecule has 0 radical (unpaired) electrons. The number of hydrogen-bond donors (Lipinski definition) is 1. The first-order valence-electron chi connectivity index (χ1n) is 10.4. The molecule has 2 aliphatic rings. The first kappa shape index (κ1) is 28.0. The Morgan fingerprint density at radius 2 is 1.85 bits per heavy atom. The number of carbonyl (C=O) groups excluding carboxylic acids is 1. The van der Waals surface area contributed by atoms with E-state index in [9.17, 15) is 26.4 Å². The van der Waals surface area contributed by atoms with E-state index in [0.717, 1.165) is 18.7 Å². The quantitative estimate of drug-likeness (QED) is 0.612. The molecule has 1 atom stereocenters. The van der Waals surface area contributed by atoms with Crippen LogP contribution < -0.4 is 0 Å². The van der Waals surface area contributed by atoms with Gasteiger partial charge in [-0.3, -0.25) is 9.69 Å². The van der Waals surface area contributed by atoms with Crippen LogP contribution in [0.1, 0.15) is 12.0 Å². The van der Waals surface area contributed by atoms with Crippen molar-refractivity contribution >= 4 is 21.7 Å². The van der Waals surface area contributed by atoms with Crippen LogP contribution in [-0.4, -0.2) is 101 Å². The highest BCUT2D eigenvalue weighted by Gasteiger charge is 2.45. The zero-order valence-corrected chi connectivity index (χ0v) is 19.8. The highest BCUT2D eigenvalue weighted by atomic mass is 32.2. The minimum Gasteiger partial charge on any atom is -0.475 e. The van der Waals surface area contributed by atoms with Crippen molar-refractivity contribution in [2.24, 2.45) is 5.41 Å². The van der Waals surface area contributed by atoms with E-state index in [1.165, 1.54) is 6.26 Å². The lowest BCUT2D eigenvalue weighted by atomic mass is 9.87. The summed E-state index contributed by atoms with van der Waals surface area (Å²) in [5.74, 6) is -2.59. The molecule has 1 unspecified atom stereocenters. The molecule has 2 aliphatic heterocycles. The standard InChI is InChI=1S/C19H28N2O5S.C2HF3O2/c1-25-9-8-21-14-19(11-18(21)22)13-20(7-10-26-15-19)12-16-3-5-17(6-4-16)27(2,23)24;3-2(4,5)1(6)7/h3-6H,7-15H2,1-2H3;(H,6,7). The maximum Gasteiger partial charge on any atom is 0.490 e. The molecule has 0 aliphatic carbocycles. The fourth-order valence-electron chi connectivity index (χ4n) is 3.91. The molecular weight excluding hydrogens is 481 g/mol. The smallest absolute Gasteiger partial charge is 0.475 e. The van der Waals surface area contributed by atoms with Crippen LogP contribution in [0.15, 0.2) is 29.2 Å². The van der Waals surface area contributed by atoms with Crippen LogP contribution in [-0.2, 0) is 35.4 Å². The van der Waals surface area contributed by atoms with Crippen molar-refractivity contribution in [2.45, 2.75) is 24.0 Å². The van der Waals surface area contributed by atoms with Gasteiger partial charge in [-0.2, -0.15) is 13.2 Å². The average molecular weight is 511 g/mol. The fourth-order valence-corrected chi connectivity index (χ4v) is 4.54. The SMILES string of the molecule is COCCN1CC2(COCCN(Cc3ccc(S(C)(=O)=O)cc3)C2)CC1=O.O=C(O)C(F)(F)F. The lowest BCUT2D eigenvalue weighted by molar-refractivity contribution is -0.192. The number of halogens is 3. The van der Waals surface area contributed by atoms with Gasteiger partial charge in [0.15, 0.2) is 9.84 Å². The Hall–Kier alpha value is -2.22. The Morgan fingerprint density at radius 1 is 1.24 bits per heavy atom. The van der Waals surface area contributed by atoms with Crippen LogP contribution in [0.4, 0.5) is 13.2 Å². The average Bonchev–Trinajstić information content (AvgIpc) is 2.90. The van der Waals surface area contributed by atoms with Crippen LogP contribution in [0.3, 0.4) is 0 Å². The Kier molecular flexibility index (Phi) is 9.45. The van der Waals surface area contributed by atoms with Crippen LogP contribution >= 0.6 is 0 Å². The second kappa shape index (κ2) is 11.5. The van der Waals surface area contributed by atoms with Gasteiger partial charge >= 0.3 is 12.1 Å². The predicted molar refractivity (Wildman–Crippen MR) is 115 cm³/mol. The summed E-state index contributed by atoms with van der Waals surface area (Å²) in [5, 5.41) is 7.12. The maximum absolute atomic E-state index is 12.4. The van der Waals surface area contributed by atoms with Crippen LogP contribution in [0.5, 0.6) is 0 Å². The zero-order chi connectivity index (χ0) is 25.6. The third kappa shape index (κ3) is 8.22. The monoisotopic (exact) mass is 510 g/mol. The molecule has 192 valence electrons. The van der Waals surface area contributed by atoms with Gasteiger partial charge in [0, 0.05) is 57.9 Å². The Morgan fingerprint density at radius 3 is 2.38 bits per heavy atom. The molecule has 0 aromatic heterocycles. The van der Waals surface area contributed by atoms with E-state index in [1.807, 2.05) is 17.0 Å². The van der Waals surface area contributed by atoms with Gasteiger partial charge < -0.3 is 19.5 Å². The molecule has 0 bridgehead atoms. The number of carboxylic acids is 1. The van der Waals surface area contributed by atoms with Gasteiger partial charge in [0.2, 0.25) is 5.91 Å². The number of carbonyl (C=O) groups is 2. The zero-order valence-electron chi connectivity index (χ0n) is 19.0. The van der Waals surface area contributed by atoms with Crippen LogP contribution in [0, 0.1) is 5.41 Å². The highest BCUT2D eigenvalue weighted by Crippen LogP contribution is 2.34. The van der Waals surface area contributed by atoms with Crippen molar-refractivity contribution in [3.05, 3.63) is 29.8 Å². The van der Waals surface area contributed by atoms with Gasteiger partial charge in [-0.25, -0.2) is 13.2 Å². The number of carboxylic acid groups (broad SMARTS) is 1. The third-order valence-corrected chi connectivity index (χ3v) is 6.62. The molecule has 9 nitrogen and oxygen atoms in total. The summed E-state index contributed by atoms with van der Waals surface area (Å²) in [5.41, 5.74) is 0.869. The number of benzene rings is 1. The minimum atomic E-state index is -5.08. The minimum absolute atomic E-state index is 0.162. The third-order valence-electron chi connectivity index (χ3n) is 5.49. The largest absolute Gasteiger partial charge is 0.490 e. The fraction of sp³-hybridized carbons (Fsp3) is 0.619. The molecule has 0 saturated carbocycles. The van der Waals surface area contributed by atoms with E-state index in [-0.39, 0.29) is 11.3 Å². The van der Waals surface area contributed by atoms with Crippen molar-refractivity contribution < 1.29 is 45.8 Å². The second-order valence-electron chi connectivity index (χ2n) is 8.47. The first-order valence-corrected chi connectivity index (χ1v) is 12.3. The molecule has 2 fully saturated rings. The first-order chi connectivity index (χ1) is 15.8. The number of ether oxygens (including phenoxy) is 2. The molecule has 1 spiro atoms. The Balaban J connectivity index is 0.000000509. The van der Waals surface area contributed by atoms with Gasteiger partial charge in [-0.15, -0.1) is 0 Å². The summed E-state index contributed by atoms with van der Waals surface area (Å²) in [6.07, 6.45) is -3.37. The molecule has 1 aromatic carbocycles. The molecule has 34 heavy (non-hydrogen) atoms. The van der Waals surface area contributed by atoms with Crippen molar-refractivity contribution in [3.8, 4) is 0 Å². The molecule has 2 heterocycles. The number of amides is 1. The summed E-state index contributed by atoms with van der Waals surface area (Å²) in [4.78, 5) is 25.8. The van der Waals surface area contributed by atoms with Crippen molar-refractivity contribution in [1.29, 1.82) is 0 Å². The molecule has 13 heteroatoms. The van der Waals surface area contributed by atoms with E-state index in [4.69, 9.17) is 19.4 Å². The summed E-state index contributed by atoms with van der Waals surface area (Å²) >= 11 is 0. The van der Waals surface area contributed by atoms with E-state index in [0.29, 0.717) is 50.8 Å². The number of methoxy groups -OCH3 is 1. The van der Waals surface area contributed by atoms with Crippen LogP contribution in [0.2, 0.25) is 0 Å². The van der Waals surface area contributed by atoms with Crippen molar-refractivity contribution in [1.82, 2.24) is 9.80 Å². The van der Waals surface area contributed by atoms with Crippen LogP contribution in [0.25, 0.3) is 0 Å². The number of aliphatic carboxylic acids is 1. The van der Waals surface area contributed by atoms with E-state index >= 15 is 0 Å². The topological polar surface area (TPSA) is 113 Å². The van der Waals surface area contributed by atoms with Gasteiger partial charge in [0.1, 0.15) is 0 Å². The van der Waals surface area contributed by atoms with E-state index in [1.54, 1.807) is 19.2 Å². The summed E-state index contributed by atoms with van der Waals surface area (Å²) < 4.78 is 65.9. The normalized spacial score (nSPS) is 21.8. The maximum atomic E-state index is 12.4. The number of rotatable bonds is 6. The predicted octanol–water partition coefficient (Wildman–Crippen LogP) is 1.42. The number of nitrogens with zero attached hydrogens (tertiary/aromatic N) is 2. The van der Waals surface area contributed by atoms with Gasteiger partial charge in [-0.1, -0.05) is 12.1 Å². The second-order valence-corrected chi connectivity index (χ2v) is 10.5. The van der Waals surface area contributed by atoms with Gasteiger partial charge in [-0.05, 0) is 17.7 Å². The lowest BCUT2D eigenvalue weighted by Crippen LogP contribution is -2.40. The molecule has 1 aromatic rings. The highest BCUT2D eigenvalue weighted by molar-refractivity contribution is 7.90. The van der Waals surface area contributed by atoms with Gasteiger partial charge in [0.25, 0.3) is 0 Å². The van der Waals surface area contributed by atoms with Crippen molar-refractivity contribution in [3.63, 3.8) is 0 Å². The molecule has 2 saturated heterocycles. The molecular formula is C21H29F3N2O7S. The number of alkyl halides is 3.